The van der Waals surface area contributed by atoms with Crippen LogP contribution in [0, 0.1) is 0 Å². The summed E-state index contributed by atoms with van der Waals surface area (Å²) < 4.78 is 31.7. The fourth-order valence-electron chi connectivity index (χ4n) is 2.92. The van der Waals surface area contributed by atoms with Gasteiger partial charge in [-0.15, -0.1) is 0 Å². The van der Waals surface area contributed by atoms with Gasteiger partial charge in [-0.25, -0.2) is 13.2 Å². The van der Waals surface area contributed by atoms with Crippen LogP contribution in [0.1, 0.15) is 30.7 Å². The second kappa shape index (κ2) is 8.89. The molecule has 0 aliphatic rings. The number of hydrogen-bond acceptors (Lipinski definition) is 4. The van der Waals surface area contributed by atoms with Gasteiger partial charge in [0.25, 0.3) is 0 Å². The number of alkyl carbamates (subject to hydrolysis) is 1. The molecule has 0 fully saturated rings. The van der Waals surface area contributed by atoms with Crippen LogP contribution in [0.5, 0.6) is 0 Å². The lowest BCUT2D eigenvalue weighted by Crippen LogP contribution is -2.34. The molecule has 1 N–H and O–H groups in total. The molecule has 6 heteroatoms. The van der Waals surface area contributed by atoms with Crippen molar-refractivity contribution in [3.63, 3.8) is 0 Å². The third-order valence-electron chi connectivity index (χ3n) is 4.44. The van der Waals surface area contributed by atoms with Crippen LogP contribution >= 0.6 is 0 Å². The molecule has 0 saturated carbocycles. The van der Waals surface area contributed by atoms with E-state index in [0.29, 0.717) is 5.56 Å². The fourth-order valence-corrected chi connectivity index (χ4v) is 4.48. The van der Waals surface area contributed by atoms with E-state index < -0.39 is 21.3 Å². The quantitative estimate of drug-likeness (QED) is 0.579. The lowest BCUT2D eigenvalue weighted by Gasteiger charge is -2.20. The van der Waals surface area contributed by atoms with E-state index in [4.69, 9.17) is 4.74 Å². The van der Waals surface area contributed by atoms with E-state index in [2.05, 4.69) is 5.32 Å². The molecular formula is C22H23NO4S. The van der Waals surface area contributed by atoms with Crippen molar-refractivity contribution < 1.29 is 17.9 Å². The molecule has 0 spiro atoms. The van der Waals surface area contributed by atoms with Crippen LogP contribution < -0.4 is 5.32 Å². The molecule has 1 unspecified atom stereocenters. The molecule has 0 heterocycles. The summed E-state index contributed by atoms with van der Waals surface area (Å²) in [5, 5.41) is 3.20. The molecule has 0 aliphatic heterocycles. The molecular weight excluding hydrogens is 374 g/mol. The Bertz CT molecular complexity index is 1050. The molecule has 0 aromatic heterocycles. The number of benzene rings is 3. The Morgan fingerprint density at radius 3 is 2.36 bits per heavy atom. The Balaban J connectivity index is 1.99. The minimum atomic E-state index is -3.86. The number of sulfone groups is 1. The summed E-state index contributed by atoms with van der Waals surface area (Å²) in [4.78, 5) is 12.4. The van der Waals surface area contributed by atoms with Gasteiger partial charge in [0.1, 0.15) is 0 Å². The second-order valence-corrected chi connectivity index (χ2v) is 8.51. The van der Waals surface area contributed by atoms with Crippen molar-refractivity contribution in [2.45, 2.75) is 30.0 Å². The molecule has 3 aromatic carbocycles. The largest absolute Gasteiger partial charge is 0.450 e. The van der Waals surface area contributed by atoms with Crippen LogP contribution in [0.4, 0.5) is 4.79 Å². The molecule has 28 heavy (non-hydrogen) atoms. The Morgan fingerprint density at radius 2 is 1.64 bits per heavy atom. The summed E-state index contributed by atoms with van der Waals surface area (Å²) in [6, 6.07) is 21.1. The Morgan fingerprint density at radius 1 is 0.964 bits per heavy atom. The van der Waals surface area contributed by atoms with Gasteiger partial charge in [0.15, 0.2) is 5.37 Å². The van der Waals surface area contributed by atoms with Gasteiger partial charge >= 0.3 is 6.09 Å². The molecule has 1 atom stereocenters. The summed E-state index contributed by atoms with van der Waals surface area (Å²) in [5.41, 5.74) is 0.481. The summed E-state index contributed by atoms with van der Waals surface area (Å²) in [6.45, 7) is 2.23. The average molecular weight is 397 g/mol. The fraction of sp³-hybridized carbons (Fsp3) is 0.227. The number of unbranched alkanes of at least 4 members (excludes halogenated alkanes) is 1. The number of carbonyl (C=O) groups excluding carboxylic acids is 1. The summed E-state index contributed by atoms with van der Waals surface area (Å²) >= 11 is 0. The summed E-state index contributed by atoms with van der Waals surface area (Å²) in [7, 11) is -3.86. The zero-order valence-electron chi connectivity index (χ0n) is 15.7. The zero-order chi connectivity index (χ0) is 20.0. The standard InChI is InChI=1S/C22H23NO4S/c1-2-3-15-27-22(24)23-21(28(25,26)20-11-5-4-6-12-20)19-14-13-17-9-7-8-10-18(17)16-19/h4-14,16,21H,2-3,15H2,1H3,(H,23,24). The van der Waals surface area contributed by atoms with Crippen LogP contribution in [0.15, 0.2) is 77.7 Å². The van der Waals surface area contributed by atoms with Gasteiger partial charge in [0, 0.05) is 0 Å². The van der Waals surface area contributed by atoms with Gasteiger partial charge in [-0.3, -0.25) is 0 Å². The highest BCUT2D eigenvalue weighted by Gasteiger charge is 2.31. The number of rotatable bonds is 7. The van der Waals surface area contributed by atoms with E-state index in [0.717, 1.165) is 23.6 Å². The first-order chi connectivity index (χ1) is 13.5. The van der Waals surface area contributed by atoms with Gasteiger partial charge in [-0.1, -0.05) is 67.9 Å². The highest BCUT2D eigenvalue weighted by atomic mass is 32.2. The van der Waals surface area contributed by atoms with Crippen molar-refractivity contribution in [2.75, 3.05) is 6.61 Å². The van der Waals surface area contributed by atoms with E-state index in [-0.39, 0.29) is 11.5 Å². The minimum absolute atomic E-state index is 0.141. The molecule has 3 rings (SSSR count). The first-order valence-electron chi connectivity index (χ1n) is 9.23. The van der Waals surface area contributed by atoms with Crippen molar-refractivity contribution >= 4 is 26.7 Å². The van der Waals surface area contributed by atoms with E-state index in [1.54, 1.807) is 30.3 Å². The Labute approximate surface area is 165 Å². The summed E-state index contributed by atoms with van der Waals surface area (Å²) in [5.74, 6) is 0. The normalized spacial score (nSPS) is 12.5. The van der Waals surface area contributed by atoms with E-state index in [1.807, 2.05) is 37.3 Å². The average Bonchev–Trinajstić information content (AvgIpc) is 2.72. The molecule has 0 aliphatic carbocycles. The van der Waals surface area contributed by atoms with Crippen LogP contribution in [0.3, 0.4) is 0 Å². The predicted octanol–water partition coefficient (Wildman–Crippen LogP) is 4.84. The number of fused-ring (bicyclic) bond motifs is 1. The number of hydrogen-bond donors (Lipinski definition) is 1. The van der Waals surface area contributed by atoms with Crippen LogP contribution in [0.2, 0.25) is 0 Å². The smallest absolute Gasteiger partial charge is 0.408 e. The Kier molecular flexibility index (Phi) is 6.31. The zero-order valence-corrected chi connectivity index (χ0v) is 16.5. The summed E-state index contributed by atoms with van der Waals surface area (Å²) in [6.07, 6.45) is 0.856. The molecule has 1 amide bonds. The number of amides is 1. The van der Waals surface area contributed by atoms with E-state index in [1.165, 1.54) is 12.1 Å². The van der Waals surface area contributed by atoms with Gasteiger partial charge in [0.2, 0.25) is 9.84 Å². The third kappa shape index (κ3) is 4.51. The molecule has 0 saturated heterocycles. The first-order valence-corrected chi connectivity index (χ1v) is 10.8. The molecule has 0 radical (unpaired) electrons. The van der Waals surface area contributed by atoms with E-state index in [9.17, 15) is 13.2 Å². The van der Waals surface area contributed by atoms with Crippen LogP contribution in [0.25, 0.3) is 10.8 Å². The van der Waals surface area contributed by atoms with Crippen LogP contribution in [-0.4, -0.2) is 21.1 Å². The molecule has 3 aromatic rings. The van der Waals surface area contributed by atoms with E-state index >= 15 is 0 Å². The number of nitrogens with one attached hydrogen (secondary N) is 1. The minimum Gasteiger partial charge on any atom is -0.450 e. The maximum atomic E-state index is 13.3. The second-order valence-electron chi connectivity index (χ2n) is 6.48. The molecule has 146 valence electrons. The van der Waals surface area contributed by atoms with Gasteiger partial charge in [0.05, 0.1) is 11.5 Å². The molecule has 0 bridgehead atoms. The third-order valence-corrected chi connectivity index (χ3v) is 6.38. The van der Waals surface area contributed by atoms with Gasteiger partial charge in [-0.2, -0.15) is 0 Å². The van der Waals surface area contributed by atoms with Gasteiger partial charge in [-0.05, 0) is 41.0 Å². The van der Waals surface area contributed by atoms with Crippen molar-refractivity contribution in [1.82, 2.24) is 5.32 Å². The maximum absolute atomic E-state index is 13.3. The van der Waals surface area contributed by atoms with Crippen molar-refractivity contribution in [1.29, 1.82) is 0 Å². The first kappa shape index (κ1) is 19.9. The SMILES string of the molecule is CCCCOC(=O)NC(c1ccc2ccccc2c1)S(=O)(=O)c1ccccc1. The van der Waals surface area contributed by atoms with Crippen molar-refractivity contribution in [3.05, 3.63) is 78.4 Å². The highest BCUT2D eigenvalue weighted by molar-refractivity contribution is 7.91. The van der Waals surface area contributed by atoms with Crippen molar-refractivity contribution in [3.8, 4) is 0 Å². The predicted molar refractivity (Wildman–Crippen MR) is 110 cm³/mol. The lowest BCUT2D eigenvalue weighted by molar-refractivity contribution is 0.143. The van der Waals surface area contributed by atoms with Crippen LogP contribution in [-0.2, 0) is 14.6 Å². The Hall–Kier alpha value is -2.86. The number of ether oxygens (including phenoxy) is 1. The topological polar surface area (TPSA) is 72.5 Å². The monoisotopic (exact) mass is 397 g/mol. The van der Waals surface area contributed by atoms with Crippen molar-refractivity contribution in [2.24, 2.45) is 0 Å². The highest BCUT2D eigenvalue weighted by Crippen LogP contribution is 2.29. The molecule has 5 nitrogen and oxygen atoms in total. The number of carbonyl (C=O) groups is 1. The van der Waals surface area contributed by atoms with Gasteiger partial charge < -0.3 is 10.1 Å². The lowest BCUT2D eigenvalue weighted by atomic mass is 10.1. The maximum Gasteiger partial charge on any atom is 0.408 e.